The standard InChI is InChI=1S/C14H12N4OS/c1-9-4-2-3-5-11(9)16-14(19)15-10-6-7-13-12(8-10)17-18-20-13/h2-8H,1H3,(H2,15,16,19). The number of nitrogens with zero attached hydrogens (tertiary/aromatic N) is 2. The summed E-state index contributed by atoms with van der Waals surface area (Å²) in [5.41, 5.74) is 3.28. The highest BCUT2D eigenvalue weighted by atomic mass is 32.1. The molecule has 2 aromatic carbocycles. The number of aryl methyl sites for hydroxylation is 1. The Balaban J connectivity index is 1.74. The summed E-state index contributed by atoms with van der Waals surface area (Å²) in [5.74, 6) is 0. The monoisotopic (exact) mass is 284 g/mol. The number of carbonyl (C=O) groups excluding carboxylic acids is 1. The Morgan fingerprint density at radius 1 is 1.15 bits per heavy atom. The lowest BCUT2D eigenvalue weighted by molar-refractivity contribution is 0.262. The molecule has 0 spiro atoms. The summed E-state index contributed by atoms with van der Waals surface area (Å²) < 4.78 is 4.86. The van der Waals surface area contributed by atoms with Crippen molar-refractivity contribution in [1.29, 1.82) is 0 Å². The molecule has 2 amide bonds. The molecule has 2 N–H and O–H groups in total. The first-order valence-corrected chi connectivity index (χ1v) is 6.85. The van der Waals surface area contributed by atoms with Gasteiger partial charge in [0.1, 0.15) is 5.52 Å². The van der Waals surface area contributed by atoms with E-state index in [4.69, 9.17) is 0 Å². The molecule has 0 radical (unpaired) electrons. The van der Waals surface area contributed by atoms with Crippen LogP contribution in [0.1, 0.15) is 5.56 Å². The number of benzene rings is 2. The molecule has 0 fully saturated rings. The van der Waals surface area contributed by atoms with Crippen LogP contribution in [0, 0.1) is 6.92 Å². The van der Waals surface area contributed by atoms with E-state index in [1.54, 1.807) is 6.07 Å². The molecule has 6 heteroatoms. The minimum atomic E-state index is -0.276. The van der Waals surface area contributed by atoms with Gasteiger partial charge in [0, 0.05) is 11.4 Å². The summed E-state index contributed by atoms with van der Waals surface area (Å²) in [7, 11) is 0. The van der Waals surface area contributed by atoms with Crippen LogP contribution in [0.15, 0.2) is 42.5 Å². The van der Waals surface area contributed by atoms with Crippen molar-refractivity contribution in [2.75, 3.05) is 10.6 Å². The summed E-state index contributed by atoms with van der Waals surface area (Å²) in [6, 6.07) is 12.9. The van der Waals surface area contributed by atoms with Gasteiger partial charge in [-0.25, -0.2) is 4.79 Å². The summed E-state index contributed by atoms with van der Waals surface area (Å²) in [4.78, 5) is 12.0. The number of hydrogen-bond acceptors (Lipinski definition) is 4. The molecule has 0 aliphatic rings. The molecule has 1 heterocycles. The number of urea groups is 1. The Morgan fingerprint density at radius 2 is 2.00 bits per heavy atom. The van der Waals surface area contributed by atoms with Crippen molar-refractivity contribution in [2.45, 2.75) is 6.92 Å². The zero-order valence-electron chi connectivity index (χ0n) is 10.8. The van der Waals surface area contributed by atoms with Gasteiger partial charge >= 0.3 is 6.03 Å². The zero-order chi connectivity index (χ0) is 13.9. The number of nitrogens with one attached hydrogen (secondary N) is 2. The van der Waals surface area contributed by atoms with E-state index in [9.17, 15) is 4.79 Å². The number of rotatable bonds is 2. The van der Waals surface area contributed by atoms with E-state index >= 15 is 0 Å². The molecular weight excluding hydrogens is 272 g/mol. The quantitative estimate of drug-likeness (QED) is 0.755. The second kappa shape index (κ2) is 5.26. The molecule has 3 aromatic rings. The lowest BCUT2D eigenvalue weighted by Gasteiger charge is -2.09. The number of amides is 2. The predicted octanol–water partition coefficient (Wildman–Crippen LogP) is 3.64. The maximum absolute atomic E-state index is 12.0. The fourth-order valence-electron chi connectivity index (χ4n) is 1.86. The lowest BCUT2D eigenvalue weighted by Crippen LogP contribution is -2.19. The maximum Gasteiger partial charge on any atom is 0.323 e. The molecule has 0 saturated heterocycles. The van der Waals surface area contributed by atoms with Crippen LogP contribution >= 0.6 is 11.5 Å². The smallest absolute Gasteiger partial charge is 0.308 e. The first-order chi connectivity index (χ1) is 9.72. The summed E-state index contributed by atoms with van der Waals surface area (Å²) in [6.07, 6.45) is 0. The fourth-order valence-corrected chi connectivity index (χ4v) is 2.40. The molecule has 0 atom stereocenters. The average Bonchev–Trinajstić information content (AvgIpc) is 2.89. The SMILES string of the molecule is Cc1ccccc1NC(=O)Nc1ccc2snnc2c1. The predicted molar refractivity (Wildman–Crippen MR) is 81.2 cm³/mol. The van der Waals surface area contributed by atoms with Gasteiger partial charge in [-0.05, 0) is 48.3 Å². The number of para-hydroxylation sites is 1. The zero-order valence-corrected chi connectivity index (χ0v) is 11.6. The molecule has 100 valence electrons. The molecule has 0 aliphatic heterocycles. The van der Waals surface area contributed by atoms with Crippen molar-refractivity contribution < 1.29 is 4.79 Å². The van der Waals surface area contributed by atoms with Crippen molar-refractivity contribution in [1.82, 2.24) is 9.59 Å². The van der Waals surface area contributed by atoms with Crippen LogP contribution in [-0.4, -0.2) is 15.6 Å². The van der Waals surface area contributed by atoms with E-state index in [0.29, 0.717) is 5.69 Å². The largest absolute Gasteiger partial charge is 0.323 e. The minimum Gasteiger partial charge on any atom is -0.308 e. The van der Waals surface area contributed by atoms with Crippen LogP contribution < -0.4 is 10.6 Å². The van der Waals surface area contributed by atoms with E-state index in [2.05, 4.69) is 20.2 Å². The first kappa shape index (κ1) is 12.6. The second-order valence-corrected chi connectivity index (χ2v) is 5.14. The maximum atomic E-state index is 12.0. The van der Waals surface area contributed by atoms with Crippen LogP contribution in [0.5, 0.6) is 0 Å². The third-order valence-corrected chi connectivity index (χ3v) is 3.60. The second-order valence-electron chi connectivity index (χ2n) is 4.35. The molecule has 1 aromatic heterocycles. The van der Waals surface area contributed by atoms with E-state index in [-0.39, 0.29) is 6.03 Å². The molecule has 3 rings (SSSR count). The number of carbonyl (C=O) groups is 1. The fraction of sp³-hybridized carbons (Fsp3) is 0.0714. The molecule has 0 aliphatic carbocycles. The van der Waals surface area contributed by atoms with Crippen LogP contribution in [0.3, 0.4) is 0 Å². The van der Waals surface area contributed by atoms with E-state index in [1.165, 1.54) is 11.5 Å². The molecule has 0 bridgehead atoms. The summed E-state index contributed by atoms with van der Waals surface area (Å²) in [5, 5.41) is 9.59. The van der Waals surface area contributed by atoms with Gasteiger partial charge in [0.25, 0.3) is 0 Å². The van der Waals surface area contributed by atoms with Gasteiger partial charge < -0.3 is 10.6 Å². The van der Waals surface area contributed by atoms with Crippen molar-refractivity contribution >= 4 is 39.2 Å². The van der Waals surface area contributed by atoms with E-state index in [0.717, 1.165) is 21.5 Å². The third-order valence-electron chi connectivity index (χ3n) is 2.90. The highest BCUT2D eigenvalue weighted by Gasteiger charge is 2.06. The highest BCUT2D eigenvalue weighted by molar-refractivity contribution is 7.12. The topological polar surface area (TPSA) is 66.9 Å². The molecule has 5 nitrogen and oxygen atoms in total. The number of anilines is 2. The first-order valence-electron chi connectivity index (χ1n) is 6.08. The van der Waals surface area contributed by atoms with Crippen LogP contribution in [0.25, 0.3) is 10.2 Å². The number of hydrogen-bond donors (Lipinski definition) is 2. The molecule has 0 saturated carbocycles. The Morgan fingerprint density at radius 3 is 2.85 bits per heavy atom. The Hall–Kier alpha value is -2.47. The van der Waals surface area contributed by atoms with Crippen molar-refractivity contribution in [3.63, 3.8) is 0 Å². The number of fused-ring (bicyclic) bond motifs is 1. The van der Waals surface area contributed by atoms with Gasteiger partial charge in [-0.1, -0.05) is 22.7 Å². The normalized spacial score (nSPS) is 10.4. The Labute approximate surface area is 119 Å². The Bertz CT molecular complexity index is 768. The molecule has 0 unspecified atom stereocenters. The van der Waals surface area contributed by atoms with Crippen LogP contribution in [-0.2, 0) is 0 Å². The van der Waals surface area contributed by atoms with Crippen molar-refractivity contribution in [3.8, 4) is 0 Å². The van der Waals surface area contributed by atoms with Gasteiger partial charge in [-0.2, -0.15) is 0 Å². The summed E-state index contributed by atoms with van der Waals surface area (Å²) >= 11 is 1.33. The highest BCUT2D eigenvalue weighted by Crippen LogP contribution is 2.20. The van der Waals surface area contributed by atoms with E-state index < -0.39 is 0 Å². The van der Waals surface area contributed by atoms with Gasteiger partial charge in [0.05, 0.1) is 4.70 Å². The minimum absolute atomic E-state index is 0.276. The lowest BCUT2D eigenvalue weighted by atomic mass is 10.2. The molecule has 20 heavy (non-hydrogen) atoms. The molecular formula is C14H12N4OS. The Kier molecular flexibility index (Phi) is 3.30. The van der Waals surface area contributed by atoms with Gasteiger partial charge in [0.15, 0.2) is 0 Å². The third kappa shape index (κ3) is 2.60. The van der Waals surface area contributed by atoms with Gasteiger partial charge in [-0.3, -0.25) is 0 Å². The van der Waals surface area contributed by atoms with Crippen LogP contribution in [0.4, 0.5) is 16.2 Å². The number of aromatic nitrogens is 2. The van der Waals surface area contributed by atoms with Gasteiger partial charge in [-0.15, -0.1) is 5.10 Å². The average molecular weight is 284 g/mol. The van der Waals surface area contributed by atoms with Crippen LogP contribution in [0.2, 0.25) is 0 Å². The van der Waals surface area contributed by atoms with Crippen molar-refractivity contribution in [3.05, 3.63) is 48.0 Å². The van der Waals surface area contributed by atoms with E-state index in [1.807, 2.05) is 43.3 Å². The van der Waals surface area contributed by atoms with Crippen molar-refractivity contribution in [2.24, 2.45) is 0 Å². The van der Waals surface area contributed by atoms with Gasteiger partial charge in [0.2, 0.25) is 0 Å². The summed E-state index contributed by atoms with van der Waals surface area (Å²) in [6.45, 7) is 1.95.